The normalized spacial score (nSPS) is 12.2. The van der Waals surface area contributed by atoms with Gasteiger partial charge in [0, 0.05) is 12.7 Å². The summed E-state index contributed by atoms with van der Waals surface area (Å²) in [6.45, 7) is 3.11. The predicted octanol–water partition coefficient (Wildman–Crippen LogP) is 1.17. The summed E-state index contributed by atoms with van der Waals surface area (Å²) in [6, 6.07) is 1.83. The summed E-state index contributed by atoms with van der Waals surface area (Å²) >= 11 is 1.85. The summed E-state index contributed by atoms with van der Waals surface area (Å²) in [5, 5.41) is 3.24. The highest BCUT2D eigenvalue weighted by molar-refractivity contribution is 7.98. The molecule has 1 unspecified atom stereocenters. The first-order chi connectivity index (χ1) is 7.26. The third kappa shape index (κ3) is 4.35. The van der Waals surface area contributed by atoms with Crippen molar-refractivity contribution >= 4 is 23.5 Å². The van der Waals surface area contributed by atoms with Crippen LogP contribution in [0.2, 0.25) is 0 Å². The van der Waals surface area contributed by atoms with Crippen molar-refractivity contribution in [2.24, 2.45) is 11.8 Å². The molecule has 5 nitrogen and oxygen atoms in total. The van der Waals surface area contributed by atoms with E-state index in [1.54, 1.807) is 6.20 Å². The second-order valence-corrected chi connectivity index (χ2v) is 4.26. The van der Waals surface area contributed by atoms with Gasteiger partial charge in [-0.3, -0.25) is 5.43 Å². The molecule has 15 heavy (non-hydrogen) atoms. The van der Waals surface area contributed by atoms with Gasteiger partial charge in [0.1, 0.15) is 5.82 Å². The van der Waals surface area contributed by atoms with E-state index in [2.05, 4.69) is 33.9 Å². The second kappa shape index (κ2) is 6.47. The van der Waals surface area contributed by atoms with Crippen LogP contribution in [0.25, 0.3) is 0 Å². The summed E-state index contributed by atoms with van der Waals surface area (Å²) in [5.74, 6) is 8.20. The average molecular weight is 227 g/mol. The number of hydrazine groups is 1. The maximum absolute atomic E-state index is 5.22. The van der Waals surface area contributed by atoms with Gasteiger partial charge in [-0.05, 0) is 24.0 Å². The lowest BCUT2D eigenvalue weighted by atomic mass is 10.2. The van der Waals surface area contributed by atoms with Crippen LogP contribution >= 0.6 is 11.8 Å². The first-order valence-corrected chi connectivity index (χ1v) is 6.18. The van der Waals surface area contributed by atoms with Crippen molar-refractivity contribution in [3.63, 3.8) is 0 Å². The number of anilines is 2. The predicted molar refractivity (Wildman–Crippen MR) is 65.9 cm³/mol. The van der Waals surface area contributed by atoms with Gasteiger partial charge in [0.2, 0.25) is 5.95 Å². The number of rotatable bonds is 6. The molecule has 0 radical (unpaired) electrons. The van der Waals surface area contributed by atoms with Crippen LogP contribution in [0, 0.1) is 5.92 Å². The molecule has 0 aliphatic heterocycles. The Kier molecular flexibility index (Phi) is 5.20. The fourth-order valence-electron chi connectivity index (χ4n) is 1.15. The van der Waals surface area contributed by atoms with E-state index < -0.39 is 0 Å². The van der Waals surface area contributed by atoms with Crippen molar-refractivity contribution in [3.8, 4) is 0 Å². The summed E-state index contributed by atoms with van der Waals surface area (Å²) in [6.07, 6.45) is 3.78. The van der Waals surface area contributed by atoms with Gasteiger partial charge in [-0.1, -0.05) is 6.92 Å². The summed E-state index contributed by atoms with van der Waals surface area (Å²) in [4.78, 5) is 8.09. The fourth-order valence-corrected chi connectivity index (χ4v) is 1.84. The molecule has 0 saturated carbocycles. The zero-order valence-corrected chi connectivity index (χ0v) is 9.84. The van der Waals surface area contributed by atoms with Gasteiger partial charge < -0.3 is 5.32 Å². The zero-order valence-electron chi connectivity index (χ0n) is 9.03. The van der Waals surface area contributed by atoms with Crippen LogP contribution in [-0.2, 0) is 0 Å². The largest absolute Gasteiger partial charge is 0.370 e. The summed E-state index contributed by atoms with van der Waals surface area (Å²) in [7, 11) is 0. The highest BCUT2D eigenvalue weighted by atomic mass is 32.2. The molecule has 84 valence electrons. The van der Waals surface area contributed by atoms with Crippen LogP contribution in [0.4, 0.5) is 11.8 Å². The number of nitrogens with one attached hydrogen (secondary N) is 2. The molecule has 0 aliphatic carbocycles. The Morgan fingerprint density at radius 1 is 1.60 bits per heavy atom. The van der Waals surface area contributed by atoms with E-state index >= 15 is 0 Å². The van der Waals surface area contributed by atoms with Crippen molar-refractivity contribution < 1.29 is 0 Å². The maximum atomic E-state index is 5.22. The molecule has 0 spiro atoms. The minimum absolute atomic E-state index is 0.428. The quantitative estimate of drug-likeness (QED) is 0.500. The first-order valence-electron chi connectivity index (χ1n) is 4.78. The molecule has 0 fully saturated rings. The average Bonchev–Trinajstić information content (AvgIpc) is 2.27. The van der Waals surface area contributed by atoms with Crippen molar-refractivity contribution in [2.45, 2.75) is 6.92 Å². The minimum atomic E-state index is 0.428. The monoisotopic (exact) mass is 227 g/mol. The van der Waals surface area contributed by atoms with Crippen molar-refractivity contribution in [3.05, 3.63) is 12.3 Å². The Balaban J connectivity index is 2.43. The summed E-state index contributed by atoms with van der Waals surface area (Å²) in [5.41, 5.74) is 2.41. The van der Waals surface area contributed by atoms with Crippen LogP contribution < -0.4 is 16.6 Å². The number of nitrogens with two attached hydrogens (primary N) is 1. The number of hydrogen-bond acceptors (Lipinski definition) is 6. The Labute approximate surface area is 94.2 Å². The van der Waals surface area contributed by atoms with Gasteiger partial charge >= 0.3 is 0 Å². The lowest BCUT2D eigenvalue weighted by molar-refractivity contribution is 0.699. The molecule has 1 heterocycles. The number of thioether (sulfide) groups is 1. The molecule has 0 aliphatic rings. The highest BCUT2D eigenvalue weighted by Crippen LogP contribution is 2.08. The van der Waals surface area contributed by atoms with E-state index in [1.165, 1.54) is 0 Å². The Bertz CT molecular complexity index is 294. The van der Waals surface area contributed by atoms with Gasteiger partial charge in [-0.25, -0.2) is 10.8 Å². The molecule has 0 amide bonds. The Morgan fingerprint density at radius 3 is 3.07 bits per heavy atom. The van der Waals surface area contributed by atoms with E-state index in [0.29, 0.717) is 11.9 Å². The molecular formula is C9H17N5S. The topological polar surface area (TPSA) is 75.9 Å². The van der Waals surface area contributed by atoms with Gasteiger partial charge in [-0.2, -0.15) is 16.7 Å². The van der Waals surface area contributed by atoms with E-state index in [1.807, 2.05) is 17.8 Å². The lowest BCUT2D eigenvalue weighted by Crippen LogP contribution is -2.15. The second-order valence-electron chi connectivity index (χ2n) is 3.35. The number of aromatic nitrogens is 2. The van der Waals surface area contributed by atoms with Crippen LogP contribution in [0.15, 0.2) is 12.3 Å². The molecule has 4 N–H and O–H groups in total. The van der Waals surface area contributed by atoms with Gasteiger partial charge in [0.25, 0.3) is 0 Å². The molecular weight excluding hydrogens is 210 g/mol. The van der Waals surface area contributed by atoms with Crippen LogP contribution in [-0.4, -0.2) is 28.5 Å². The van der Waals surface area contributed by atoms with Gasteiger partial charge in [0.15, 0.2) is 0 Å². The van der Waals surface area contributed by atoms with Gasteiger partial charge in [-0.15, -0.1) is 0 Å². The molecule has 1 atom stereocenters. The molecule has 0 saturated heterocycles. The number of nitrogens with zero attached hydrogens (tertiary/aromatic N) is 2. The Morgan fingerprint density at radius 2 is 2.40 bits per heavy atom. The van der Waals surface area contributed by atoms with Crippen LogP contribution in [0.1, 0.15) is 6.92 Å². The summed E-state index contributed by atoms with van der Waals surface area (Å²) < 4.78 is 0. The van der Waals surface area contributed by atoms with E-state index in [9.17, 15) is 0 Å². The molecule has 1 aromatic rings. The SMILES string of the molecule is CSCC(C)CNc1ccnc(NN)n1. The van der Waals surface area contributed by atoms with Crippen molar-refractivity contribution in [2.75, 3.05) is 29.3 Å². The van der Waals surface area contributed by atoms with E-state index in [4.69, 9.17) is 5.84 Å². The number of hydrogen-bond donors (Lipinski definition) is 3. The first kappa shape index (κ1) is 12.1. The Hall–Kier alpha value is -1.01. The molecule has 1 aromatic heterocycles. The van der Waals surface area contributed by atoms with Crippen molar-refractivity contribution in [1.29, 1.82) is 0 Å². The standard InChI is InChI=1S/C9H17N5S/c1-7(6-15-2)5-12-8-3-4-11-9(13-8)14-10/h3-4,7H,5-6,10H2,1-2H3,(H2,11,12,13,14). The van der Waals surface area contributed by atoms with Crippen LogP contribution in [0.5, 0.6) is 0 Å². The van der Waals surface area contributed by atoms with E-state index in [-0.39, 0.29) is 0 Å². The molecule has 0 aromatic carbocycles. The van der Waals surface area contributed by atoms with Gasteiger partial charge in [0.05, 0.1) is 0 Å². The fraction of sp³-hybridized carbons (Fsp3) is 0.556. The highest BCUT2D eigenvalue weighted by Gasteiger charge is 2.02. The zero-order chi connectivity index (χ0) is 11.1. The smallest absolute Gasteiger partial charge is 0.239 e. The van der Waals surface area contributed by atoms with Crippen molar-refractivity contribution in [1.82, 2.24) is 9.97 Å². The van der Waals surface area contributed by atoms with E-state index in [0.717, 1.165) is 18.1 Å². The molecule has 1 rings (SSSR count). The lowest BCUT2D eigenvalue weighted by Gasteiger charge is -2.11. The maximum Gasteiger partial charge on any atom is 0.239 e. The third-order valence-electron chi connectivity index (χ3n) is 1.87. The third-order valence-corrected chi connectivity index (χ3v) is 2.77. The van der Waals surface area contributed by atoms with Crippen LogP contribution in [0.3, 0.4) is 0 Å². The minimum Gasteiger partial charge on any atom is -0.370 e. The molecule has 6 heteroatoms. The number of nitrogen functional groups attached to an aromatic ring is 1. The molecule has 0 bridgehead atoms.